The number of fused-ring (bicyclic) bond motifs is 3. The van der Waals surface area contributed by atoms with Crippen LogP contribution in [0.5, 0.6) is 11.5 Å². The van der Waals surface area contributed by atoms with E-state index in [1.54, 1.807) is 25.1 Å². The number of halogens is 5. The lowest BCUT2D eigenvalue weighted by atomic mass is 9.86. The maximum absolute atomic E-state index is 15.1. The highest BCUT2D eigenvalue weighted by atomic mass is 35.5. The summed E-state index contributed by atoms with van der Waals surface area (Å²) < 4.78 is 63.9. The minimum atomic E-state index is -3.11. The van der Waals surface area contributed by atoms with Crippen LogP contribution in [0.25, 0.3) is 0 Å². The van der Waals surface area contributed by atoms with Crippen LogP contribution in [0.4, 0.5) is 23.7 Å². The number of hydrogen-bond donors (Lipinski definition) is 0. The summed E-state index contributed by atoms with van der Waals surface area (Å²) >= 11 is 12.7. The van der Waals surface area contributed by atoms with Crippen molar-refractivity contribution in [2.24, 2.45) is 5.92 Å². The molecule has 3 saturated heterocycles. The molecule has 1 amide bonds. The van der Waals surface area contributed by atoms with Gasteiger partial charge >= 0.3 is 18.7 Å². The molecule has 2 bridgehead atoms. The summed E-state index contributed by atoms with van der Waals surface area (Å²) in [6.45, 7) is 1.08. The number of ether oxygens (including phenoxy) is 4. The average molecular weight is 775 g/mol. The van der Waals surface area contributed by atoms with Gasteiger partial charge in [-0.2, -0.15) is 13.5 Å². The maximum atomic E-state index is 15.1. The molecule has 3 aromatic carbocycles. The first-order chi connectivity index (χ1) is 25.5. The molecule has 0 aliphatic carbocycles. The smallest absolute Gasteiger partial charge is 0.415 e. The number of pyridine rings is 1. The molecule has 2 atom stereocenters. The molecule has 4 aromatic rings. The van der Waals surface area contributed by atoms with E-state index in [1.807, 2.05) is 0 Å². The van der Waals surface area contributed by atoms with E-state index >= 15 is 4.39 Å². The molecule has 0 N–H and O–H groups in total. The molecule has 1 aromatic heterocycles. The minimum Gasteiger partial charge on any atom is -0.619 e. The molecule has 7 rings (SSSR count). The topological polar surface area (TPSA) is 104 Å². The number of amides is 1. The van der Waals surface area contributed by atoms with Crippen molar-refractivity contribution in [2.45, 2.75) is 51.6 Å². The maximum Gasteiger partial charge on any atom is 0.415 e. The predicted octanol–water partition coefficient (Wildman–Crippen LogP) is 8.14. The second-order valence-corrected chi connectivity index (χ2v) is 13.5. The average Bonchev–Trinajstić information content (AvgIpc) is 3.13. The van der Waals surface area contributed by atoms with Gasteiger partial charge in [0.05, 0.1) is 24.4 Å². The molecule has 4 heterocycles. The number of carbonyl (C=O) groups is 2. The molecular formula is C38H36Cl2F3N3O7. The van der Waals surface area contributed by atoms with Crippen LogP contribution in [0.3, 0.4) is 0 Å². The Kier molecular flexibility index (Phi) is 12.2. The lowest BCUT2D eigenvalue weighted by molar-refractivity contribution is -0.605. The number of nitrogens with zero attached hydrogens (tertiary/aromatic N) is 3. The fraction of sp³-hybridized carbons (Fsp3) is 0.342. The number of esters is 1. The van der Waals surface area contributed by atoms with Crippen molar-refractivity contribution >= 4 is 41.0 Å². The lowest BCUT2D eigenvalue weighted by Gasteiger charge is -2.44. The van der Waals surface area contributed by atoms with Crippen molar-refractivity contribution in [2.75, 3.05) is 31.1 Å². The van der Waals surface area contributed by atoms with E-state index in [0.29, 0.717) is 28.0 Å². The fourth-order valence-corrected chi connectivity index (χ4v) is 7.26. The number of benzene rings is 3. The largest absolute Gasteiger partial charge is 0.619 e. The summed E-state index contributed by atoms with van der Waals surface area (Å²) in [5.74, 6) is -1.42. The number of para-hydroxylation sites is 1. The van der Waals surface area contributed by atoms with Crippen molar-refractivity contribution in [3.63, 3.8) is 0 Å². The van der Waals surface area contributed by atoms with Gasteiger partial charge in [-0.05, 0) is 86.3 Å². The highest BCUT2D eigenvalue weighted by molar-refractivity contribution is 6.35. The van der Waals surface area contributed by atoms with Crippen LogP contribution in [0, 0.1) is 16.9 Å². The number of carbonyl (C=O) groups excluding carboxylic acids is 2. The summed E-state index contributed by atoms with van der Waals surface area (Å²) in [4.78, 5) is 31.0. The highest BCUT2D eigenvalue weighted by Gasteiger charge is 2.38. The lowest BCUT2D eigenvalue weighted by Crippen LogP contribution is -2.53. The summed E-state index contributed by atoms with van der Waals surface area (Å²) in [6, 6.07) is 16.3. The number of anilines is 1. The monoisotopic (exact) mass is 773 g/mol. The third kappa shape index (κ3) is 9.27. The second kappa shape index (κ2) is 17.0. The Morgan fingerprint density at radius 2 is 1.74 bits per heavy atom. The third-order valence-corrected chi connectivity index (χ3v) is 9.92. The summed E-state index contributed by atoms with van der Waals surface area (Å²) in [6.07, 6.45) is 1.78. The van der Waals surface area contributed by atoms with Gasteiger partial charge in [0.2, 0.25) is 0 Å². The van der Waals surface area contributed by atoms with Crippen molar-refractivity contribution in [1.29, 1.82) is 0 Å². The van der Waals surface area contributed by atoms with E-state index in [2.05, 4.69) is 9.64 Å². The van der Waals surface area contributed by atoms with E-state index in [9.17, 15) is 23.6 Å². The van der Waals surface area contributed by atoms with Crippen molar-refractivity contribution < 1.29 is 46.4 Å². The van der Waals surface area contributed by atoms with Crippen LogP contribution < -0.4 is 19.1 Å². The van der Waals surface area contributed by atoms with Gasteiger partial charge in [0, 0.05) is 18.5 Å². The standard InChI is InChI=1S/C38H36Cl2F3N3O7/c1-2-50-34-17-25(10-11-32(34)52-37(42)43)33(18-27-28(39)20-45(49)21-29(27)40)51-36(47)26-7-5-6-23(16-26)19-46(31-9-4-3-8-30(31)41)38(48)53-35-22-44-14-12-24(35)13-15-44/h3-11,16-17,20-21,24,33,35,37H,2,12-15,18-19,22H2,1H3/t33?,35-/m0/s1. The molecule has 0 radical (unpaired) electrons. The summed E-state index contributed by atoms with van der Waals surface area (Å²) in [5.41, 5.74) is 1.21. The zero-order valence-electron chi connectivity index (χ0n) is 28.6. The van der Waals surface area contributed by atoms with Crippen molar-refractivity contribution in [3.05, 3.63) is 122 Å². The molecule has 280 valence electrons. The number of rotatable bonds is 13. The van der Waals surface area contributed by atoms with Crippen molar-refractivity contribution in [1.82, 2.24) is 4.90 Å². The summed E-state index contributed by atoms with van der Waals surface area (Å²) in [7, 11) is 0. The molecule has 0 spiro atoms. The molecule has 0 saturated carbocycles. The Morgan fingerprint density at radius 3 is 2.40 bits per heavy atom. The number of alkyl halides is 2. The van der Waals surface area contributed by atoms with Gasteiger partial charge in [-0.1, -0.05) is 53.5 Å². The van der Waals surface area contributed by atoms with Gasteiger partial charge in [-0.25, -0.2) is 14.0 Å². The molecule has 15 heteroatoms. The van der Waals surface area contributed by atoms with Crippen molar-refractivity contribution in [3.8, 4) is 11.5 Å². The first-order valence-corrected chi connectivity index (χ1v) is 17.8. The SMILES string of the molecule is CCOc1cc(C(Cc2c(Cl)c[n+]([O-])cc2Cl)OC(=O)c2cccc(CN(C(=O)O[C@H]3CN4CCC3CC4)c3ccccc3F)c2)ccc1OC(F)F. The number of piperidine rings is 3. The predicted molar refractivity (Wildman–Crippen MR) is 190 cm³/mol. The van der Waals surface area contributed by atoms with Gasteiger partial charge in [0.25, 0.3) is 0 Å². The third-order valence-electron chi connectivity index (χ3n) is 9.27. The van der Waals surface area contributed by atoms with Crippen LogP contribution in [0.1, 0.15) is 52.9 Å². The van der Waals surface area contributed by atoms with Gasteiger partial charge in [-0.15, -0.1) is 0 Å². The van der Waals surface area contributed by atoms with E-state index in [1.165, 1.54) is 53.4 Å². The van der Waals surface area contributed by atoms with E-state index in [0.717, 1.165) is 38.3 Å². The van der Waals surface area contributed by atoms with Crippen LogP contribution in [0.15, 0.2) is 79.1 Å². The van der Waals surface area contributed by atoms with Gasteiger partial charge in [0.15, 0.2) is 23.9 Å². The zero-order valence-corrected chi connectivity index (χ0v) is 30.1. The van der Waals surface area contributed by atoms with Crippen LogP contribution in [0.2, 0.25) is 10.0 Å². The van der Waals surface area contributed by atoms with E-state index in [4.69, 9.17) is 37.4 Å². The zero-order chi connectivity index (χ0) is 37.6. The fourth-order valence-electron chi connectivity index (χ4n) is 6.66. The molecular weight excluding hydrogens is 738 g/mol. The van der Waals surface area contributed by atoms with Crippen LogP contribution >= 0.6 is 23.2 Å². The van der Waals surface area contributed by atoms with Gasteiger partial charge in [-0.3, -0.25) is 9.80 Å². The first kappa shape index (κ1) is 38.0. The Balaban J connectivity index is 1.28. The Labute approximate surface area is 314 Å². The van der Waals surface area contributed by atoms with E-state index in [-0.39, 0.29) is 64.4 Å². The Hall–Kier alpha value is -4.72. The highest BCUT2D eigenvalue weighted by Crippen LogP contribution is 2.37. The van der Waals surface area contributed by atoms with E-state index < -0.39 is 30.6 Å². The molecule has 3 aliphatic rings. The minimum absolute atomic E-state index is 0.0107. The molecule has 53 heavy (non-hydrogen) atoms. The molecule has 3 aliphatic heterocycles. The van der Waals surface area contributed by atoms with Gasteiger partial charge < -0.3 is 24.2 Å². The molecule has 1 unspecified atom stereocenters. The number of hydrogen-bond acceptors (Lipinski definition) is 8. The molecule has 3 fully saturated rings. The Bertz CT molecular complexity index is 1920. The molecule has 10 nitrogen and oxygen atoms in total. The van der Waals surface area contributed by atoms with Gasteiger partial charge in [0.1, 0.15) is 28.1 Å². The quantitative estimate of drug-likeness (QED) is 0.0762. The Morgan fingerprint density at radius 1 is 1.00 bits per heavy atom. The number of aromatic nitrogens is 1. The second-order valence-electron chi connectivity index (χ2n) is 12.7. The van der Waals surface area contributed by atoms with Crippen LogP contribution in [-0.2, 0) is 22.4 Å². The van der Waals surface area contributed by atoms with Crippen LogP contribution in [-0.4, -0.2) is 55.9 Å². The first-order valence-electron chi connectivity index (χ1n) is 17.0. The summed E-state index contributed by atoms with van der Waals surface area (Å²) in [5, 5.41) is 12.0. The normalized spacial score (nSPS) is 18.4.